The number of rotatable bonds is 3. The van der Waals surface area contributed by atoms with E-state index in [0.29, 0.717) is 6.42 Å². The number of imidazole rings is 1. The van der Waals surface area contributed by atoms with Crippen LogP contribution >= 0.6 is 0 Å². The fraction of sp³-hybridized carbons (Fsp3) is 0.429. The number of sulfone groups is 1. The molecule has 6 nitrogen and oxygen atoms in total. The van der Waals surface area contributed by atoms with Crippen LogP contribution in [0.4, 0.5) is 0 Å². The summed E-state index contributed by atoms with van der Waals surface area (Å²) in [6, 6.07) is 6.88. The molecule has 2 atom stereocenters. The van der Waals surface area contributed by atoms with Crippen LogP contribution in [0.1, 0.15) is 19.4 Å². The highest BCUT2D eigenvalue weighted by molar-refractivity contribution is 7.91. The highest BCUT2D eigenvalue weighted by Gasteiger charge is 2.30. The molecule has 1 N–H and O–H groups in total. The Bertz CT molecular complexity index is 782. The molecule has 2 heterocycles. The molecule has 2 aromatic rings. The van der Waals surface area contributed by atoms with Crippen molar-refractivity contribution in [3.05, 3.63) is 30.6 Å². The molecule has 21 heavy (non-hydrogen) atoms. The summed E-state index contributed by atoms with van der Waals surface area (Å²) in [5.74, 6) is 0.0106. The molecule has 1 aromatic carbocycles. The third-order valence-electron chi connectivity index (χ3n) is 3.86. The molecule has 3 rings (SSSR count). The first-order chi connectivity index (χ1) is 9.96. The first kappa shape index (κ1) is 14.1. The number of carbonyl (C=O) groups is 1. The third kappa shape index (κ3) is 2.78. The normalized spacial score (nSPS) is 22.2. The minimum atomic E-state index is -2.99. The minimum Gasteiger partial charge on any atom is -0.351 e. The van der Waals surface area contributed by atoms with Gasteiger partial charge < -0.3 is 9.88 Å². The van der Waals surface area contributed by atoms with E-state index in [1.165, 1.54) is 0 Å². The first-order valence-corrected chi connectivity index (χ1v) is 8.71. The van der Waals surface area contributed by atoms with E-state index < -0.39 is 15.9 Å². The summed E-state index contributed by atoms with van der Waals surface area (Å²) in [6.07, 6.45) is 2.13. The van der Waals surface area contributed by atoms with Crippen molar-refractivity contribution in [1.29, 1.82) is 0 Å². The van der Waals surface area contributed by atoms with Gasteiger partial charge in [-0.3, -0.25) is 4.79 Å². The van der Waals surface area contributed by atoms with Crippen molar-refractivity contribution < 1.29 is 13.2 Å². The van der Waals surface area contributed by atoms with Gasteiger partial charge in [0.25, 0.3) is 0 Å². The van der Waals surface area contributed by atoms with E-state index in [4.69, 9.17) is 0 Å². The molecule has 1 aliphatic rings. The van der Waals surface area contributed by atoms with E-state index >= 15 is 0 Å². The zero-order valence-corrected chi connectivity index (χ0v) is 12.5. The highest BCUT2D eigenvalue weighted by atomic mass is 32.2. The largest absolute Gasteiger partial charge is 0.351 e. The van der Waals surface area contributed by atoms with Gasteiger partial charge in [0, 0.05) is 6.04 Å². The molecule has 112 valence electrons. The quantitative estimate of drug-likeness (QED) is 0.913. The van der Waals surface area contributed by atoms with Gasteiger partial charge in [0.1, 0.15) is 6.04 Å². The standard InChI is InChI=1S/C14H17N3O3S/c1-10(14(18)16-11-6-7-21(19,20)8-11)17-9-15-12-4-2-3-5-13(12)17/h2-5,9-11H,6-8H2,1H3,(H,16,18)/t10-,11+/m1/s1. The van der Waals surface area contributed by atoms with E-state index in [-0.39, 0.29) is 23.5 Å². The summed E-state index contributed by atoms with van der Waals surface area (Å²) >= 11 is 0. The Labute approximate surface area is 123 Å². The number of benzene rings is 1. The van der Waals surface area contributed by atoms with Gasteiger partial charge in [0.15, 0.2) is 9.84 Å². The van der Waals surface area contributed by atoms with Crippen molar-refractivity contribution in [3.8, 4) is 0 Å². The Morgan fingerprint density at radius 3 is 2.90 bits per heavy atom. The van der Waals surface area contributed by atoms with Crippen LogP contribution in [0, 0.1) is 0 Å². The van der Waals surface area contributed by atoms with Gasteiger partial charge in [-0.1, -0.05) is 12.1 Å². The number of nitrogens with one attached hydrogen (secondary N) is 1. The maximum Gasteiger partial charge on any atom is 0.243 e. The summed E-state index contributed by atoms with van der Waals surface area (Å²) < 4.78 is 24.7. The van der Waals surface area contributed by atoms with Gasteiger partial charge in [-0.25, -0.2) is 13.4 Å². The summed E-state index contributed by atoms with van der Waals surface area (Å²) in [5.41, 5.74) is 1.72. The summed E-state index contributed by atoms with van der Waals surface area (Å²) in [5, 5.41) is 2.82. The third-order valence-corrected chi connectivity index (χ3v) is 5.62. The number of amides is 1. The Hall–Kier alpha value is -1.89. The van der Waals surface area contributed by atoms with Gasteiger partial charge >= 0.3 is 0 Å². The maximum atomic E-state index is 12.3. The highest BCUT2D eigenvalue weighted by Crippen LogP contribution is 2.18. The molecule has 0 bridgehead atoms. The molecule has 0 radical (unpaired) electrons. The molecular weight excluding hydrogens is 290 g/mol. The molecule has 0 unspecified atom stereocenters. The SMILES string of the molecule is C[C@H](C(=O)N[C@H]1CCS(=O)(=O)C1)n1cnc2ccccc21. The number of nitrogens with zero attached hydrogens (tertiary/aromatic N) is 2. The van der Waals surface area contributed by atoms with Crippen LogP contribution < -0.4 is 5.32 Å². The van der Waals surface area contributed by atoms with Crippen LogP contribution in [0.5, 0.6) is 0 Å². The summed E-state index contributed by atoms with van der Waals surface area (Å²) in [6.45, 7) is 1.78. The molecule has 1 saturated heterocycles. The Morgan fingerprint density at radius 2 is 2.19 bits per heavy atom. The zero-order valence-electron chi connectivity index (χ0n) is 11.7. The molecule has 7 heteroatoms. The van der Waals surface area contributed by atoms with Crippen molar-refractivity contribution >= 4 is 26.8 Å². The molecule has 1 aliphatic heterocycles. The lowest BCUT2D eigenvalue weighted by Crippen LogP contribution is -2.39. The second kappa shape index (κ2) is 5.14. The fourth-order valence-electron chi connectivity index (χ4n) is 2.64. The van der Waals surface area contributed by atoms with Gasteiger partial charge in [-0.05, 0) is 25.5 Å². The molecule has 1 aromatic heterocycles. The van der Waals surface area contributed by atoms with E-state index in [2.05, 4.69) is 10.3 Å². The molecule has 0 saturated carbocycles. The first-order valence-electron chi connectivity index (χ1n) is 6.89. The van der Waals surface area contributed by atoms with Crippen molar-refractivity contribution in [1.82, 2.24) is 14.9 Å². The number of aromatic nitrogens is 2. The zero-order chi connectivity index (χ0) is 15.0. The monoisotopic (exact) mass is 307 g/mol. The molecule has 1 amide bonds. The number of hydrogen-bond donors (Lipinski definition) is 1. The van der Waals surface area contributed by atoms with Crippen LogP contribution in [0.3, 0.4) is 0 Å². The number of para-hydroxylation sites is 2. The molecule has 0 aliphatic carbocycles. The van der Waals surface area contributed by atoms with Gasteiger partial charge in [0.2, 0.25) is 5.91 Å². The van der Waals surface area contributed by atoms with E-state index in [1.54, 1.807) is 17.8 Å². The van der Waals surface area contributed by atoms with E-state index in [9.17, 15) is 13.2 Å². The van der Waals surface area contributed by atoms with E-state index in [0.717, 1.165) is 11.0 Å². The van der Waals surface area contributed by atoms with Gasteiger partial charge in [-0.15, -0.1) is 0 Å². The Balaban J connectivity index is 1.76. The maximum absolute atomic E-state index is 12.3. The smallest absolute Gasteiger partial charge is 0.243 e. The molecular formula is C14H17N3O3S. The van der Waals surface area contributed by atoms with Crippen molar-refractivity contribution in [2.45, 2.75) is 25.4 Å². The average Bonchev–Trinajstić information content (AvgIpc) is 3.01. The van der Waals surface area contributed by atoms with Crippen molar-refractivity contribution in [3.63, 3.8) is 0 Å². The predicted molar refractivity (Wildman–Crippen MR) is 79.6 cm³/mol. The van der Waals surface area contributed by atoms with Crippen LogP contribution in [0.15, 0.2) is 30.6 Å². The fourth-order valence-corrected chi connectivity index (χ4v) is 4.32. The Morgan fingerprint density at radius 1 is 1.43 bits per heavy atom. The molecule has 0 spiro atoms. The number of fused-ring (bicyclic) bond motifs is 1. The lowest BCUT2D eigenvalue weighted by molar-refractivity contribution is -0.124. The number of carbonyl (C=O) groups excluding carboxylic acids is 1. The topological polar surface area (TPSA) is 81.1 Å². The van der Waals surface area contributed by atoms with E-state index in [1.807, 2.05) is 24.3 Å². The lowest BCUT2D eigenvalue weighted by atomic mass is 10.2. The van der Waals surface area contributed by atoms with Crippen molar-refractivity contribution in [2.24, 2.45) is 0 Å². The number of hydrogen-bond acceptors (Lipinski definition) is 4. The second-order valence-electron chi connectivity index (χ2n) is 5.43. The molecule has 1 fully saturated rings. The summed E-state index contributed by atoms with van der Waals surface area (Å²) in [4.78, 5) is 16.6. The van der Waals surface area contributed by atoms with Crippen LogP contribution in [-0.4, -0.2) is 41.4 Å². The minimum absolute atomic E-state index is 0.0378. The van der Waals surface area contributed by atoms with Crippen LogP contribution in [0.25, 0.3) is 11.0 Å². The second-order valence-corrected chi connectivity index (χ2v) is 7.65. The summed E-state index contributed by atoms with van der Waals surface area (Å²) in [7, 11) is -2.99. The average molecular weight is 307 g/mol. The van der Waals surface area contributed by atoms with Gasteiger partial charge in [0.05, 0.1) is 28.9 Å². The van der Waals surface area contributed by atoms with Crippen LogP contribution in [-0.2, 0) is 14.6 Å². The van der Waals surface area contributed by atoms with Crippen LogP contribution in [0.2, 0.25) is 0 Å². The van der Waals surface area contributed by atoms with Crippen molar-refractivity contribution in [2.75, 3.05) is 11.5 Å². The predicted octanol–water partition coefficient (Wildman–Crippen LogP) is 0.901. The Kier molecular flexibility index (Phi) is 3.44. The van der Waals surface area contributed by atoms with Gasteiger partial charge in [-0.2, -0.15) is 0 Å². The lowest BCUT2D eigenvalue weighted by Gasteiger charge is -2.17.